The maximum Gasteiger partial charge on any atom is 0.408 e. The Kier molecular flexibility index (Phi) is 12.6. The average molecular weight is 562 g/mol. The molecule has 0 aromatic carbocycles. The first-order valence-electron chi connectivity index (χ1n) is 13.8. The number of carbonyl (C=O) groups is 2. The topological polar surface area (TPSA) is 94.1 Å². The number of nitrogens with one attached hydrogen (secondary N) is 1. The van der Waals surface area contributed by atoms with Crippen molar-refractivity contribution in [1.29, 1.82) is 0 Å². The quantitative estimate of drug-likeness (QED) is 0.236. The van der Waals surface area contributed by atoms with Crippen LogP contribution in [-0.2, 0) is 18.4 Å². The van der Waals surface area contributed by atoms with Crippen molar-refractivity contribution in [2.45, 2.75) is 156 Å². The van der Waals surface area contributed by atoms with Crippen LogP contribution in [0, 0.1) is 11.8 Å². The van der Waals surface area contributed by atoms with Gasteiger partial charge in [-0.25, -0.2) is 4.79 Å². The van der Waals surface area contributed by atoms with Crippen molar-refractivity contribution in [3.05, 3.63) is 0 Å². The van der Waals surface area contributed by atoms with E-state index in [-0.39, 0.29) is 22.4 Å². The number of hydrogen-bond acceptors (Lipinski definition) is 5. The van der Waals surface area contributed by atoms with Crippen LogP contribution in [-0.4, -0.2) is 57.7 Å². The molecule has 0 saturated heterocycles. The van der Waals surface area contributed by atoms with E-state index in [0.29, 0.717) is 6.42 Å². The fraction of sp³-hybridized carbons (Fsp3) is 0.929. The van der Waals surface area contributed by atoms with Gasteiger partial charge in [0, 0.05) is 0 Å². The second-order valence-electron chi connectivity index (χ2n) is 15.1. The Morgan fingerprint density at radius 1 is 0.784 bits per heavy atom. The van der Waals surface area contributed by atoms with Gasteiger partial charge in [-0.05, 0) is 82.7 Å². The summed E-state index contributed by atoms with van der Waals surface area (Å²) in [5.74, 6) is -1.22. The van der Waals surface area contributed by atoms with E-state index in [1.54, 1.807) is 0 Å². The van der Waals surface area contributed by atoms with Gasteiger partial charge < -0.3 is 24.0 Å². The van der Waals surface area contributed by atoms with Crippen molar-refractivity contribution in [3.8, 4) is 0 Å². The molecule has 0 spiro atoms. The molecule has 37 heavy (non-hydrogen) atoms. The lowest BCUT2D eigenvalue weighted by Crippen LogP contribution is -2.59. The van der Waals surface area contributed by atoms with E-state index in [1.165, 1.54) is 0 Å². The van der Waals surface area contributed by atoms with Crippen LogP contribution in [0.2, 0.25) is 36.3 Å². The zero-order valence-corrected chi connectivity index (χ0v) is 28.8. The van der Waals surface area contributed by atoms with Crippen molar-refractivity contribution in [2.24, 2.45) is 11.8 Å². The Labute approximate surface area is 230 Å². The van der Waals surface area contributed by atoms with Crippen LogP contribution in [0.4, 0.5) is 4.79 Å². The van der Waals surface area contributed by atoms with Crippen LogP contribution in [0.1, 0.15) is 95.9 Å². The molecular weight excluding hydrogens is 502 g/mol. The highest BCUT2D eigenvalue weighted by Gasteiger charge is 2.46. The molecule has 1 amide bonds. The molecular formula is C28H59NO6Si2. The first kappa shape index (κ1) is 36.1. The number of carbonyl (C=O) groups excluding carboxylic acids is 1. The summed E-state index contributed by atoms with van der Waals surface area (Å²) in [4.78, 5) is 25.4. The zero-order chi connectivity index (χ0) is 29.8. The van der Waals surface area contributed by atoms with E-state index in [1.807, 2.05) is 41.5 Å². The van der Waals surface area contributed by atoms with Gasteiger partial charge in [0.05, 0.1) is 24.2 Å². The summed E-state index contributed by atoms with van der Waals surface area (Å²) in [6.45, 7) is 33.1. The van der Waals surface area contributed by atoms with E-state index < -0.39 is 58.5 Å². The van der Waals surface area contributed by atoms with Crippen molar-refractivity contribution in [3.63, 3.8) is 0 Å². The van der Waals surface area contributed by atoms with Crippen molar-refractivity contribution < 1.29 is 28.3 Å². The Balaban J connectivity index is 6.65. The molecule has 0 rings (SSSR count). The SMILES string of the molecule is CC(C)C[C@H](C[C@H](O[Si](C)(C)C(C)(C)C)[C@@H](NC(=O)OC(C)(C)C)[C@@H](C)O[Si](C)(C)C(C)(C)C)C(=O)O. The monoisotopic (exact) mass is 561 g/mol. The number of amides is 1. The number of hydrogen-bond donors (Lipinski definition) is 2. The molecule has 9 heteroatoms. The normalized spacial score (nSPS) is 17.2. The number of carboxylic acid groups (broad SMARTS) is 1. The van der Waals surface area contributed by atoms with E-state index >= 15 is 0 Å². The smallest absolute Gasteiger partial charge is 0.408 e. The van der Waals surface area contributed by atoms with Crippen molar-refractivity contribution in [1.82, 2.24) is 5.32 Å². The maximum absolute atomic E-state index is 13.1. The fourth-order valence-electron chi connectivity index (χ4n) is 3.64. The molecule has 0 fully saturated rings. The van der Waals surface area contributed by atoms with Crippen LogP contribution in [0.3, 0.4) is 0 Å². The predicted octanol–water partition coefficient (Wildman–Crippen LogP) is 7.82. The predicted molar refractivity (Wildman–Crippen MR) is 158 cm³/mol. The minimum Gasteiger partial charge on any atom is -0.481 e. The fourth-order valence-corrected chi connectivity index (χ4v) is 6.42. The highest BCUT2D eigenvalue weighted by Crippen LogP contribution is 2.41. The molecule has 7 nitrogen and oxygen atoms in total. The number of ether oxygens (including phenoxy) is 1. The second-order valence-corrected chi connectivity index (χ2v) is 24.6. The van der Waals surface area contributed by atoms with Crippen molar-refractivity contribution >= 4 is 28.7 Å². The van der Waals surface area contributed by atoms with Gasteiger partial charge in [0.25, 0.3) is 0 Å². The van der Waals surface area contributed by atoms with Gasteiger partial charge in [0.1, 0.15) is 5.60 Å². The Morgan fingerprint density at radius 2 is 1.22 bits per heavy atom. The summed E-state index contributed by atoms with van der Waals surface area (Å²) in [5.41, 5.74) is -0.671. The van der Waals surface area contributed by atoms with Gasteiger partial charge in [0.2, 0.25) is 0 Å². The molecule has 0 saturated carbocycles. The minimum absolute atomic E-state index is 0.0330. The summed E-state index contributed by atoms with van der Waals surface area (Å²) in [5, 5.41) is 13.0. The van der Waals surface area contributed by atoms with Crippen LogP contribution in [0.15, 0.2) is 0 Å². The Morgan fingerprint density at radius 3 is 1.57 bits per heavy atom. The third-order valence-electron chi connectivity index (χ3n) is 7.75. The van der Waals surface area contributed by atoms with E-state index in [2.05, 4.69) is 73.0 Å². The van der Waals surface area contributed by atoms with Gasteiger partial charge in [-0.3, -0.25) is 4.79 Å². The number of carboxylic acids is 1. The molecule has 0 bridgehead atoms. The lowest BCUT2D eigenvalue weighted by molar-refractivity contribution is -0.143. The van der Waals surface area contributed by atoms with Crippen molar-refractivity contribution in [2.75, 3.05) is 0 Å². The van der Waals surface area contributed by atoms with Crippen LogP contribution in [0.25, 0.3) is 0 Å². The first-order chi connectivity index (χ1) is 16.2. The minimum atomic E-state index is -2.34. The van der Waals surface area contributed by atoms with Gasteiger partial charge in [-0.2, -0.15) is 0 Å². The maximum atomic E-state index is 13.1. The highest BCUT2D eigenvalue weighted by atomic mass is 28.4. The Hall–Kier alpha value is -0.906. The number of alkyl carbamates (subject to hydrolysis) is 1. The third kappa shape index (κ3) is 12.2. The van der Waals surface area contributed by atoms with Gasteiger partial charge in [-0.1, -0.05) is 55.4 Å². The van der Waals surface area contributed by atoms with Gasteiger partial charge in [0.15, 0.2) is 16.6 Å². The highest BCUT2D eigenvalue weighted by molar-refractivity contribution is 6.74. The van der Waals surface area contributed by atoms with E-state index in [4.69, 9.17) is 13.6 Å². The lowest BCUT2D eigenvalue weighted by Gasteiger charge is -2.45. The Bertz CT molecular complexity index is 747. The first-order valence-corrected chi connectivity index (χ1v) is 19.6. The molecule has 220 valence electrons. The molecule has 0 aliphatic carbocycles. The second kappa shape index (κ2) is 13.0. The summed E-state index contributed by atoms with van der Waals surface area (Å²) in [6, 6.07) is -0.577. The van der Waals surface area contributed by atoms with Gasteiger partial charge in [-0.15, -0.1) is 0 Å². The molecule has 0 heterocycles. The molecule has 0 aliphatic heterocycles. The molecule has 0 unspecified atom stereocenters. The molecule has 0 aromatic heterocycles. The van der Waals surface area contributed by atoms with Crippen LogP contribution < -0.4 is 5.32 Å². The van der Waals surface area contributed by atoms with Gasteiger partial charge >= 0.3 is 12.1 Å². The standard InChI is InChI=1S/C28H59NO6Si2/c1-19(2)17-21(24(30)31)18-22(35-37(15,16)28(10,11)12)23(29-25(32)33-26(4,5)6)20(3)34-36(13,14)27(7,8)9/h19-23H,17-18H2,1-16H3,(H,29,32)(H,30,31)/t20-,21-,22+,23+/m1/s1. The summed E-state index contributed by atoms with van der Waals surface area (Å²) in [7, 11) is -4.55. The summed E-state index contributed by atoms with van der Waals surface area (Å²) < 4.78 is 19.3. The molecule has 0 radical (unpaired) electrons. The average Bonchev–Trinajstić information content (AvgIpc) is 2.60. The number of aliphatic carboxylic acids is 1. The van der Waals surface area contributed by atoms with E-state index in [0.717, 1.165) is 0 Å². The summed E-state index contributed by atoms with van der Waals surface area (Å²) >= 11 is 0. The lowest BCUT2D eigenvalue weighted by atomic mass is 9.89. The van der Waals surface area contributed by atoms with Crippen LogP contribution >= 0.6 is 0 Å². The van der Waals surface area contributed by atoms with Crippen LogP contribution in [0.5, 0.6) is 0 Å². The number of rotatable bonds is 12. The molecule has 0 aliphatic rings. The molecule has 2 N–H and O–H groups in total. The van der Waals surface area contributed by atoms with E-state index in [9.17, 15) is 14.7 Å². The largest absolute Gasteiger partial charge is 0.481 e. The molecule has 0 aromatic rings. The molecule has 4 atom stereocenters. The third-order valence-corrected chi connectivity index (χ3v) is 16.8. The summed E-state index contributed by atoms with van der Waals surface area (Å²) in [6.07, 6.45) is -0.692. The zero-order valence-electron chi connectivity index (χ0n) is 26.8.